The smallest absolute Gasteiger partial charge is 0.872 e. The Hall–Kier alpha value is -5.13. The molecule has 0 spiro atoms. The van der Waals surface area contributed by atoms with E-state index in [1.165, 1.54) is 22.3 Å². The number of benzene rings is 6. The molecule has 0 amide bonds. The monoisotopic (exact) mass is 615 g/mol. The Balaban J connectivity index is 0.000000155. The Kier molecular flexibility index (Phi) is 8.81. The van der Waals surface area contributed by atoms with Crippen molar-refractivity contribution in [1.82, 2.24) is 0 Å². The van der Waals surface area contributed by atoms with Crippen molar-refractivity contribution in [2.45, 2.75) is 0 Å². The van der Waals surface area contributed by atoms with Crippen molar-refractivity contribution in [1.29, 1.82) is 0 Å². The summed E-state index contributed by atoms with van der Waals surface area (Å²) in [5.74, 6) is 0.0992. The van der Waals surface area contributed by atoms with E-state index in [1.54, 1.807) is 46.9 Å². The van der Waals surface area contributed by atoms with E-state index in [0.717, 1.165) is 41.6 Å². The molecule has 2 aromatic heterocycles. The Labute approximate surface area is 272 Å². The summed E-state index contributed by atoms with van der Waals surface area (Å²) in [5, 5.41) is 25.8. The molecule has 0 saturated heterocycles. The van der Waals surface area contributed by atoms with Crippen LogP contribution in [-0.4, -0.2) is 10.1 Å². The van der Waals surface area contributed by atoms with Gasteiger partial charge in [-0.2, -0.15) is 9.97 Å². The van der Waals surface area contributed by atoms with Crippen LogP contribution in [0.1, 0.15) is 0 Å². The summed E-state index contributed by atoms with van der Waals surface area (Å²) in [5.41, 5.74) is 8.29. The van der Waals surface area contributed by atoms with Gasteiger partial charge in [0.25, 0.3) is 10.0 Å². The van der Waals surface area contributed by atoms with Gasteiger partial charge in [-0.1, -0.05) is 143 Å². The molecule has 0 fully saturated rings. The maximum absolute atomic E-state index is 12.0. The number of aromatic amines is 2. The van der Waals surface area contributed by atoms with Crippen molar-refractivity contribution in [3.63, 3.8) is 0 Å². The fraction of sp³-hybridized carbons (Fsp3) is 0. The topological polar surface area (TPSA) is 74.4 Å². The fourth-order valence-electron chi connectivity index (χ4n) is 5.12. The van der Waals surface area contributed by atoms with E-state index in [0.29, 0.717) is 0 Å². The van der Waals surface area contributed by atoms with Crippen LogP contribution in [0.15, 0.2) is 146 Å². The van der Waals surface area contributed by atoms with Gasteiger partial charge in [-0.05, 0) is 46.5 Å². The molecule has 0 aliphatic rings. The van der Waals surface area contributed by atoms with Crippen molar-refractivity contribution in [2.24, 2.45) is 0 Å². The van der Waals surface area contributed by atoms with E-state index < -0.39 is 0 Å². The van der Waals surface area contributed by atoms with Crippen LogP contribution in [0.25, 0.3) is 63.8 Å². The van der Waals surface area contributed by atoms with Gasteiger partial charge in [0.2, 0.25) is 11.0 Å². The van der Waals surface area contributed by atoms with E-state index in [2.05, 4.69) is 70.6 Å². The molecule has 2 heterocycles. The van der Waals surface area contributed by atoms with Gasteiger partial charge in [-0.3, -0.25) is 0 Å². The van der Waals surface area contributed by atoms with Crippen LogP contribution < -0.4 is 20.2 Å². The molecular formula is C38H26BeN2O2S2+2. The number of para-hydroxylation sites is 2. The third kappa shape index (κ3) is 6.40. The molecule has 2 N–H and O–H groups in total. The molecule has 0 saturated carbocycles. The minimum Gasteiger partial charge on any atom is -0.872 e. The zero-order valence-corrected chi connectivity index (χ0v) is 25.8. The summed E-state index contributed by atoms with van der Waals surface area (Å²) < 4.78 is 2.30. The summed E-state index contributed by atoms with van der Waals surface area (Å²) in [4.78, 5) is 6.76. The second-order valence-electron chi connectivity index (χ2n) is 10.3. The van der Waals surface area contributed by atoms with Gasteiger partial charge in [0, 0.05) is 23.3 Å². The van der Waals surface area contributed by atoms with Gasteiger partial charge < -0.3 is 10.2 Å². The molecule has 0 aliphatic carbocycles. The third-order valence-corrected chi connectivity index (χ3v) is 9.56. The minimum atomic E-state index is 0. The van der Waals surface area contributed by atoms with Crippen LogP contribution >= 0.6 is 22.7 Å². The molecular weight excluding hydrogens is 590 g/mol. The summed E-state index contributed by atoms with van der Waals surface area (Å²) in [7, 11) is 0. The Morgan fingerprint density at radius 2 is 0.778 bits per heavy atom. The first kappa shape index (κ1) is 29.9. The van der Waals surface area contributed by atoms with Crippen molar-refractivity contribution in [3.8, 4) is 54.9 Å². The fourth-order valence-corrected chi connectivity index (χ4v) is 7.15. The number of H-pyrrole nitrogens is 2. The standard InChI is InChI=1S/2C19H13NOS.Be/c2*21-17-9-5-4-8-15(17)19-20-16-12-14(10-11-18(16)22-19)13-6-2-1-3-7-13;/h2*1-12,21H;/q;;+2. The van der Waals surface area contributed by atoms with Crippen LogP contribution in [0.2, 0.25) is 0 Å². The summed E-state index contributed by atoms with van der Waals surface area (Å²) in [6.07, 6.45) is 0. The van der Waals surface area contributed by atoms with Crippen molar-refractivity contribution in [2.75, 3.05) is 0 Å². The van der Waals surface area contributed by atoms with Crippen LogP contribution in [0.3, 0.4) is 0 Å². The normalized spacial score (nSPS) is 10.7. The molecule has 0 unspecified atom stereocenters. The number of thiazole rings is 2. The van der Waals surface area contributed by atoms with E-state index in [1.807, 2.05) is 60.7 Å². The maximum Gasteiger partial charge on any atom is 2.00 e. The minimum absolute atomic E-state index is 0. The average molecular weight is 616 g/mol. The number of aromatic nitrogens is 2. The zero-order valence-electron chi connectivity index (χ0n) is 24.2. The number of rotatable bonds is 4. The van der Waals surface area contributed by atoms with Gasteiger partial charge in [-0.25, -0.2) is 0 Å². The van der Waals surface area contributed by atoms with Crippen molar-refractivity contribution >= 4 is 53.2 Å². The predicted octanol–water partition coefficient (Wildman–Crippen LogP) is 7.87. The van der Waals surface area contributed by atoms with Gasteiger partial charge in [0.1, 0.15) is 9.40 Å². The number of fused-ring (bicyclic) bond motifs is 2. The van der Waals surface area contributed by atoms with E-state index in [4.69, 9.17) is 0 Å². The summed E-state index contributed by atoms with van der Waals surface area (Å²) in [6, 6.07) is 47.6. The van der Waals surface area contributed by atoms with Gasteiger partial charge >= 0.3 is 10.1 Å². The maximum atomic E-state index is 12.0. The van der Waals surface area contributed by atoms with E-state index in [9.17, 15) is 10.2 Å². The molecule has 6 aromatic carbocycles. The molecule has 0 bridgehead atoms. The molecule has 4 nitrogen and oxygen atoms in total. The van der Waals surface area contributed by atoms with Crippen molar-refractivity contribution < 1.29 is 20.2 Å². The number of nitrogens with one attached hydrogen (secondary N) is 2. The van der Waals surface area contributed by atoms with E-state index in [-0.39, 0.29) is 21.6 Å². The largest absolute Gasteiger partial charge is 2.00 e. The Morgan fingerprint density at radius 1 is 0.400 bits per heavy atom. The molecule has 8 rings (SSSR count). The summed E-state index contributed by atoms with van der Waals surface area (Å²) >= 11 is 3.23. The molecule has 0 radical (unpaired) electrons. The van der Waals surface area contributed by atoms with Gasteiger partial charge in [0.15, 0.2) is 0 Å². The van der Waals surface area contributed by atoms with Gasteiger partial charge in [-0.15, -0.1) is 0 Å². The second-order valence-corrected chi connectivity index (χ2v) is 12.4. The molecule has 45 heavy (non-hydrogen) atoms. The first-order valence-electron chi connectivity index (χ1n) is 14.2. The van der Waals surface area contributed by atoms with Crippen LogP contribution in [-0.2, 0) is 0 Å². The molecule has 0 aliphatic heterocycles. The van der Waals surface area contributed by atoms with Gasteiger partial charge in [0.05, 0.1) is 0 Å². The zero-order chi connectivity index (χ0) is 29.9. The first-order valence-corrected chi connectivity index (χ1v) is 15.8. The number of hydrogen-bond donors (Lipinski definition) is 0. The Morgan fingerprint density at radius 3 is 1.18 bits per heavy atom. The molecule has 8 aromatic rings. The van der Waals surface area contributed by atoms with Crippen molar-refractivity contribution in [3.05, 3.63) is 146 Å². The van der Waals surface area contributed by atoms with E-state index >= 15 is 0 Å². The second kappa shape index (κ2) is 13.2. The predicted molar refractivity (Wildman–Crippen MR) is 183 cm³/mol. The number of hydrogen-bond acceptors (Lipinski definition) is 4. The van der Waals surface area contributed by atoms with Crippen LogP contribution in [0.4, 0.5) is 0 Å². The summed E-state index contributed by atoms with van der Waals surface area (Å²) in [6.45, 7) is 0. The molecule has 0 atom stereocenters. The third-order valence-electron chi connectivity index (χ3n) is 7.36. The molecule has 7 heteroatoms. The average Bonchev–Trinajstić information content (AvgIpc) is 3.70. The van der Waals surface area contributed by atoms with Crippen LogP contribution in [0, 0.1) is 0 Å². The first-order chi connectivity index (χ1) is 21.6. The molecule has 212 valence electrons. The van der Waals surface area contributed by atoms with Crippen LogP contribution in [0.5, 0.6) is 11.5 Å². The quantitative estimate of drug-likeness (QED) is 0.189. The Bertz CT molecular complexity index is 2050. The SMILES string of the molecule is [Be+2].[O-]c1ccccc1-c1[nH+]c2cc(-c3ccccc3)ccc2s1.[O-]c1ccccc1-c1[nH+]c2cc(-c3ccccc3)ccc2s1.